The molecule has 1 aliphatic heterocycles. The minimum Gasteiger partial charge on any atom is -0.456 e. The molecule has 5 aromatic rings. The van der Waals surface area contributed by atoms with E-state index < -0.39 is 0 Å². The molecule has 0 fully saturated rings. The van der Waals surface area contributed by atoms with Gasteiger partial charge in [0.05, 0.1) is 11.2 Å². The minimum atomic E-state index is -0.349. The van der Waals surface area contributed by atoms with E-state index in [4.69, 9.17) is 16.3 Å². The number of hydrogen-bond donors (Lipinski definition) is 1. The Balaban J connectivity index is 1.42. The molecule has 2 heterocycles. The van der Waals surface area contributed by atoms with Crippen molar-refractivity contribution < 1.29 is 9.53 Å². The number of nitrogens with zero attached hydrogens (tertiary/aromatic N) is 1. The van der Waals surface area contributed by atoms with Crippen molar-refractivity contribution in [2.75, 3.05) is 0 Å². The highest BCUT2D eigenvalue weighted by Crippen LogP contribution is 2.45. The molecule has 1 unspecified atom stereocenters. The number of benzene rings is 4. The second-order valence-electron chi connectivity index (χ2n) is 8.57. The Labute approximate surface area is 223 Å². The highest BCUT2D eigenvalue weighted by atomic mass is 35.5. The van der Waals surface area contributed by atoms with Gasteiger partial charge in [0.25, 0.3) is 5.91 Å². The summed E-state index contributed by atoms with van der Waals surface area (Å²) in [6.45, 7) is 0. The predicted octanol–water partition coefficient (Wildman–Crippen LogP) is 7.91. The molecule has 0 saturated heterocycles. The molecule has 1 N–H and O–H groups in total. The third-order valence-electron chi connectivity index (χ3n) is 6.29. The first-order valence-corrected chi connectivity index (χ1v) is 13.0. The second-order valence-corrected chi connectivity index (χ2v) is 10.0. The number of para-hydroxylation sites is 1. The molecule has 1 aliphatic rings. The summed E-state index contributed by atoms with van der Waals surface area (Å²) in [6.07, 6.45) is 1.69. The zero-order valence-corrected chi connectivity index (χ0v) is 21.2. The summed E-state index contributed by atoms with van der Waals surface area (Å²) in [5.41, 5.74) is 6.60. The van der Waals surface area contributed by atoms with Crippen LogP contribution in [0.3, 0.4) is 0 Å². The van der Waals surface area contributed by atoms with Crippen LogP contribution >= 0.6 is 22.9 Å². The molecule has 1 atom stereocenters. The SMILES string of the molecule is O=C(NN=CC1=C(c2ccccc2)Oc2ccccc2C1c1ccccc1)c1sc2ccccc2c1Cl. The Bertz CT molecular complexity index is 1660. The maximum Gasteiger partial charge on any atom is 0.283 e. The molecule has 0 bridgehead atoms. The van der Waals surface area contributed by atoms with Gasteiger partial charge in [0, 0.05) is 32.7 Å². The van der Waals surface area contributed by atoms with Gasteiger partial charge in [-0.2, -0.15) is 5.10 Å². The number of ether oxygens (including phenoxy) is 1. The van der Waals surface area contributed by atoms with Crippen LogP contribution in [0.15, 0.2) is 120 Å². The predicted molar refractivity (Wildman–Crippen MR) is 152 cm³/mol. The van der Waals surface area contributed by atoms with Crippen molar-refractivity contribution in [1.82, 2.24) is 5.43 Å². The fraction of sp³-hybridized carbons (Fsp3) is 0.0323. The van der Waals surface area contributed by atoms with Crippen molar-refractivity contribution in [3.63, 3.8) is 0 Å². The first-order valence-electron chi connectivity index (χ1n) is 11.8. The number of carbonyl (C=O) groups excluding carboxylic acids is 1. The van der Waals surface area contributed by atoms with Crippen LogP contribution in [0.25, 0.3) is 15.8 Å². The number of thiophene rings is 1. The molecule has 6 rings (SSSR count). The van der Waals surface area contributed by atoms with E-state index in [0.717, 1.165) is 38.1 Å². The van der Waals surface area contributed by atoms with E-state index in [2.05, 4.69) is 28.7 Å². The molecule has 0 saturated carbocycles. The van der Waals surface area contributed by atoms with Crippen molar-refractivity contribution >= 4 is 50.9 Å². The lowest BCUT2D eigenvalue weighted by molar-refractivity contribution is 0.0959. The molecule has 0 aliphatic carbocycles. The highest BCUT2D eigenvalue weighted by Gasteiger charge is 2.31. The molecule has 0 radical (unpaired) electrons. The van der Waals surface area contributed by atoms with E-state index in [0.29, 0.717) is 15.7 Å². The van der Waals surface area contributed by atoms with E-state index in [9.17, 15) is 4.79 Å². The smallest absolute Gasteiger partial charge is 0.283 e. The van der Waals surface area contributed by atoms with Crippen molar-refractivity contribution in [1.29, 1.82) is 0 Å². The summed E-state index contributed by atoms with van der Waals surface area (Å²) in [5, 5.41) is 5.69. The number of hydrogen-bond acceptors (Lipinski definition) is 4. The fourth-order valence-electron chi connectivity index (χ4n) is 4.60. The van der Waals surface area contributed by atoms with E-state index in [1.165, 1.54) is 11.3 Å². The lowest BCUT2D eigenvalue weighted by atomic mass is 9.82. The summed E-state index contributed by atoms with van der Waals surface area (Å²) in [7, 11) is 0. The third-order valence-corrected chi connectivity index (χ3v) is 7.97. The van der Waals surface area contributed by atoms with Crippen LogP contribution in [0.4, 0.5) is 0 Å². The topological polar surface area (TPSA) is 50.7 Å². The zero-order chi connectivity index (χ0) is 25.2. The monoisotopic (exact) mass is 520 g/mol. The minimum absolute atomic E-state index is 0.130. The molecular formula is C31H21ClN2O2S. The number of rotatable bonds is 5. The van der Waals surface area contributed by atoms with Crippen LogP contribution < -0.4 is 10.2 Å². The average Bonchev–Trinajstić information content (AvgIpc) is 3.30. The van der Waals surface area contributed by atoms with Crippen LogP contribution in [0.2, 0.25) is 5.02 Å². The molecule has 6 heteroatoms. The van der Waals surface area contributed by atoms with Gasteiger partial charge in [0.1, 0.15) is 16.4 Å². The van der Waals surface area contributed by atoms with E-state index in [-0.39, 0.29) is 11.8 Å². The normalized spacial score (nSPS) is 15.0. The van der Waals surface area contributed by atoms with Gasteiger partial charge in [-0.3, -0.25) is 4.79 Å². The van der Waals surface area contributed by atoms with Gasteiger partial charge in [0.2, 0.25) is 0 Å². The summed E-state index contributed by atoms with van der Waals surface area (Å²) in [6, 6.07) is 35.9. The lowest BCUT2D eigenvalue weighted by Gasteiger charge is -2.29. The molecular weight excluding hydrogens is 500 g/mol. The third kappa shape index (κ3) is 4.44. The molecule has 4 aromatic carbocycles. The standard InChI is InChI=1S/C31H21ClN2O2S/c32-28-23-16-8-10-18-26(23)37-30(28)31(35)34-33-19-24-27(20-11-3-1-4-12-20)22-15-7-9-17-25(22)36-29(24)21-13-5-2-6-14-21/h1-19,27H,(H,34,35). The van der Waals surface area contributed by atoms with Crippen LogP contribution in [0, 0.1) is 0 Å². The van der Waals surface area contributed by atoms with Crippen LogP contribution in [-0.4, -0.2) is 12.1 Å². The van der Waals surface area contributed by atoms with Crippen LogP contribution in [-0.2, 0) is 0 Å². The van der Waals surface area contributed by atoms with Gasteiger partial charge in [-0.05, 0) is 17.7 Å². The Kier molecular flexibility index (Phi) is 6.31. The number of nitrogens with one attached hydrogen (secondary N) is 1. The first-order chi connectivity index (χ1) is 18.2. The molecule has 180 valence electrons. The highest BCUT2D eigenvalue weighted by molar-refractivity contribution is 7.21. The number of halogens is 1. The number of hydrazone groups is 1. The second kappa shape index (κ2) is 10.1. The van der Waals surface area contributed by atoms with Crippen molar-refractivity contribution in [3.8, 4) is 5.75 Å². The van der Waals surface area contributed by atoms with Crippen LogP contribution in [0.1, 0.15) is 32.3 Å². The largest absolute Gasteiger partial charge is 0.456 e. The molecule has 4 nitrogen and oxygen atoms in total. The number of amides is 1. The number of allylic oxidation sites excluding steroid dienone is 1. The van der Waals surface area contributed by atoms with E-state index >= 15 is 0 Å². The summed E-state index contributed by atoms with van der Waals surface area (Å²) < 4.78 is 7.40. The Morgan fingerprint density at radius 1 is 0.865 bits per heavy atom. The number of carbonyl (C=O) groups is 1. The van der Waals surface area contributed by atoms with E-state index in [1.54, 1.807) is 6.21 Å². The Morgan fingerprint density at radius 2 is 1.54 bits per heavy atom. The lowest BCUT2D eigenvalue weighted by Crippen LogP contribution is -2.20. The summed E-state index contributed by atoms with van der Waals surface area (Å²) >= 11 is 7.86. The first kappa shape index (κ1) is 23.2. The Hall–Kier alpha value is -4.19. The van der Waals surface area contributed by atoms with Gasteiger partial charge in [-0.25, -0.2) is 5.43 Å². The van der Waals surface area contributed by atoms with Gasteiger partial charge >= 0.3 is 0 Å². The van der Waals surface area contributed by atoms with Gasteiger partial charge in [-0.1, -0.05) is 109 Å². The van der Waals surface area contributed by atoms with Crippen molar-refractivity contribution in [3.05, 3.63) is 141 Å². The van der Waals surface area contributed by atoms with E-state index in [1.807, 2.05) is 91.0 Å². The maximum absolute atomic E-state index is 13.0. The number of fused-ring (bicyclic) bond motifs is 2. The molecule has 1 aromatic heterocycles. The quantitative estimate of drug-likeness (QED) is 0.189. The summed E-state index contributed by atoms with van der Waals surface area (Å²) in [5.74, 6) is 1.02. The zero-order valence-electron chi connectivity index (χ0n) is 19.6. The maximum atomic E-state index is 13.0. The average molecular weight is 521 g/mol. The Morgan fingerprint density at radius 3 is 2.32 bits per heavy atom. The van der Waals surface area contributed by atoms with Crippen molar-refractivity contribution in [2.45, 2.75) is 5.92 Å². The van der Waals surface area contributed by atoms with Crippen molar-refractivity contribution in [2.24, 2.45) is 5.10 Å². The summed E-state index contributed by atoms with van der Waals surface area (Å²) in [4.78, 5) is 13.5. The van der Waals surface area contributed by atoms with Gasteiger partial charge in [0.15, 0.2) is 0 Å². The van der Waals surface area contributed by atoms with Crippen LogP contribution in [0.5, 0.6) is 5.75 Å². The van der Waals surface area contributed by atoms with Gasteiger partial charge in [-0.15, -0.1) is 11.3 Å². The molecule has 1 amide bonds. The molecule has 37 heavy (non-hydrogen) atoms. The fourth-order valence-corrected chi connectivity index (χ4v) is 6.01. The van der Waals surface area contributed by atoms with Gasteiger partial charge < -0.3 is 4.74 Å². The molecule has 0 spiro atoms.